The molecule has 0 saturated carbocycles. The van der Waals surface area contributed by atoms with Crippen molar-refractivity contribution >= 4 is 5.91 Å². The van der Waals surface area contributed by atoms with Crippen molar-refractivity contribution in [2.45, 2.75) is 294 Å². The Balaban J connectivity index is 2.25. The number of amides is 1. The molecule has 0 aromatic rings. The molecule has 9 nitrogen and oxygen atoms in total. The molecule has 1 heterocycles. The molecule has 1 amide bonds. The zero-order valence-corrected chi connectivity index (χ0v) is 45.0. The van der Waals surface area contributed by atoms with Gasteiger partial charge in [-0.15, -0.1) is 0 Å². The second kappa shape index (κ2) is 50.2. The van der Waals surface area contributed by atoms with E-state index in [9.17, 15) is 30.3 Å². The van der Waals surface area contributed by atoms with Gasteiger partial charge in [0.15, 0.2) is 6.29 Å². The van der Waals surface area contributed by atoms with E-state index in [1.54, 1.807) is 6.08 Å². The van der Waals surface area contributed by atoms with Crippen molar-refractivity contribution in [1.29, 1.82) is 0 Å². The molecule has 1 fully saturated rings. The summed E-state index contributed by atoms with van der Waals surface area (Å²) >= 11 is 0. The van der Waals surface area contributed by atoms with Gasteiger partial charge in [-0.2, -0.15) is 0 Å². The molecular weight excluding hydrogens is 875 g/mol. The van der Waals surface area contributed by atoms with E-state index in [0.717, 1.165) is 57.8 Å². The standard InChI is InChI=1S/C61H109NO8/c1-3-5-7-9-11-13-15-17-19-21-23-25-26-27-28-29-30-31-33-35-37-39-41-43-45-47-49-51-57(65)62-54(53-69-61-60(68)59(67)58(66)56(52-63)70-61)55(64)50-48-46-44-42-40-38-36-34-32-24-22-20-18-16-14-12-10-8-6-4-2/h15,17,21,23,26-27,32,34,40,42,48,50,54-56,58-61,63-64,66-68H,3-14,16,18-20,22,24-25,28-31,33,35-39,41,43-47,49,51-53H2,1-2H3,(H,62,65)/b17-15-,23-21-,27-26-,34-32+,42-40+,50-48+. The van der Waals surface area contributed by atoms with Crippen LogP contribution in [0.1, 0.15) is 251 Å². The number of nitrogens with one attached hydrogen (secondary N) is 1. The van der Waals surface area contributed by atoms with Gasteiger partial charge in [0, 0.05) is 6.42 Å². The van der Waals surface area contributed by atoms with E-state index in [1.807, 2.05) is 6.08 Å². The SMILES string of the molecule is CCCCCCC/C=C\C/C=C\C/C=C\CCCCCCCCCCCCCCC(=O)NC(COC1OC(CO)C(O)C(O)C1O)C(O)/C=C/CC/C=C/CC/C=C/CCCCCCCCCCCC. The summed E-state index contributed by atoms with van der Waals surface area (Å²) in [5, 5.41) is 54.5. The summed E-state index contributed by atoms with van der Waals surface area (Å²) in [4.78, 5) is 13.1. The van der Waals surface area contributed by atoms with Crippen LogP contribution in [-0.4, -0.2) is 87.5 Å². The first-order valence-electron chi connectivity index (χ1n) is 29.2. The van der Waals surface area contributed by atoms with Gasteiger partial charge in [-0.25, -0.2) is 0 Å². The van der Waals surface area contributed by atoms with E-state index >= 15 is 0 Å². The van der Waals surface area contributed by atoms with E-state index in [2.05, 4.69) is 79.9 Å². The molecule has 7 unspecified atom stereocenters. The number of aliphatic hydroxyl groups excluding tert-OH is 5. The zero-order valence-electron chi connectivity index (χ0n) is 45.0. The van der Waals surface area contributed by atoms with Crippen molar-refractivity contribution in [3.63, 3.8) is 0 Å². The van der Waals surface area contributed by atoms with Crippen LogP contribution in [0.25, 0.3) is 0 Å². The first-order chi connectivity index (χ1) is 34.3. The number of carbonyl (C=O) groups is 1. The molecule has 0 aromatic carbocycles. The highest BCUT2D eigenvalue weighted by molar-refractivity contribution is 5.76. The molecule has 0 radical (unpaired) electrons. The van der Waals surface area contributed by atoms with Gasteiger partial charge in [0.25, 0.3) is 0 Å². The van der Waals surface area contributed by atoms with Crippen LogP contribution in [-0.2, 0) is 14.3 Å². The van der Waals surface area contributed by atoms with Gasteiger partial charge in [0.05, 0.1) is 25.4 Å². The van der Waals surface area contributed by atoms with E-state index in [4.69, 9.17) is 9.47 Å². The lowest BCUT2D eigenvalue weighted by Crippen LogP contribution is -2.60. The molecule has 0 aliphatic carbocycles. The molecular formula is C61H109NO8. The van der Waals surface area contributed by atoms with Gasteiger partial charge in [0.1, 0.15) is 24.4 Å². The van der Waals surface area contributed by atoms with Crippen molar-refractivity contribution in [3.05, 3.63) is 72.9 Å². The second-order valence-electron chi connectivity index (χ2n) is 20.1. The summed E-state index contributed by atoms with van der Waals surface area (Å²) < 4.78 is 11.3. The predicted octanol–water partition coefficient (Wildman–Crippen LogP) is 14.5. The average molecular weight is 985 g/mol. The first-order valence-corrected chi connectivity index (χ1v) is 29.2. The highest BCUT2D eigenvalue weighted by Gasteiger charge is 2.44. The third-order valence-corrected chi connectivity index (χ3v) is 13.5. The fourth-order valence-corrected chi connectivity index (χ4v) is 8.84. The lowest BCUT2D eigenvalue weighted by atomic mass is 9.99. The topological polar surface area (TPSA) is 149 Å². The largest absolute Gasteiger partial charge is 0.394 e. The van der Waals surface area contributed by atoms with Gasteiger partial charge in [-0.3, -0.25) is 4.79 Å². The van der Waals surface area contributed by atoms with E-state index in [-0.39, 0.29) is 12.5 Å². The molecule has 406 valence electrons. The number of unbranched alkanes of at least 4 members (excludes halogenated alkanes) is 29. The van der Waals surface area contributed by atoms with E-state index in [0.29, 0.717) is 6.42 Å². The minimum Gasteiger partial charge on any atom is -0.394 e. The molecule has 0 aromatic heterocycles. The Labute approximate surface area is 429 Å². The predicted molar refractivity (Wildman–Crippen MR) is 295 cm³/mol. The Morgan fingerprint density at radius 2 is 0.857 bits per heavy atom. The minimum atomic E-state index is -1.58. The van der Waals surface area contributed by atoms with Crippen molar-refractivity contribution in [2.24, 2.45) is 0 Å². The lowest BCUT2D eigenvalue weighted by molar-refractivity contribution is -0.302. The molecule has 1 aliphatic heterocycles. The molecule has 0 bridgehead atoms. The van der Waals surface area contributed by atoms with Gasteiger partial charge < -0.3 is 40.3 Å². The number of rotatable bonds is 49. The van der Waals surface area contributed by atoms with Crippen LogP contribution in [0.15, 0.2) is 72.9 Å². The molecule has 70 heavy (non-hydrogen) atoms. The lowest BCUT2D eigenvalue weighted by Gasteiger charge is -2.40. The van der Waals surface area contributed by atoms with Gasteiger partial charge in [-0.05, 0) is 83.5 Å². The van der Waals surface area contributed by atoms with Crippen LogP contribution in [0.5, 0.6) is 0 Å². The summed E-state index contributed by atoms with van der Waals surface area (Å²) in [5.41, 5.74) is 0. The fourth-order valence-electron chi connectivity index (χ4n) is 8.84. The monoisotopic (exact) mass is 984 g/mol. The van der Waals surface area contributed by atoms with Gasteiger partial charge in [0.2, 0.25) is 5.91 Å². The van der Waals surface area contributed by atoms with E-state index < -0.39 is 49.5 Å². The molecule has 7 atom stereocenters. The fraction of sp³-hybridized carbons (Fsp3) is 0.787. The minimum absolute atomic E-state index is 0.194. The highest BCUT2D eigenvalue weighted by atomic mass is 16.7. The summed E-state index contributed by atoms with van der Waals surface area (Å²) in [6.07, 6.45) is 62.5. The van der Waals surface area contributed by atoms with Crippen LogP contribution in [0.2, 0.25) is 0 Å². The summed E-state index contributed by atoms with van der Waals surface area (Å²) in [5.74, 6) is -0.194. The zero-order chi connectivity index (χ0) is 50.8. The Bertz CT molecular complexity index is 1330. The van der Waals surface area contributed by atoms with Crippen LogP contribution in [0, 0.1) is 0 Å². The molecule has 1 saturated heterocycles. The van der Waals surface area contributed by atoms with E-state index in [1.165, 1.54) is 173 Å². The summed E-state index contributed by atoms with van der Waals surface area (Å²) in [6, 6.07) is -0.833. The molecule has 1 rings (SSSR count). The Kier molecular flexibility index (Phi) is 47.1. The van der Waals surface area contributed by atoms with Crippen LogP contribution in [0.3, 0.4) is 0 Å². The maximum Gasteiger partial charge on any atom is 0.220 e. The third kappa shape index (κ3) is 39.2. The number of allylic oxidation sites excluding steroid dienone is 11. The van der Waals surface area contributed by atoms with Crippen LogP contribution >= 0.6 is 0 Å². The molecule has 1 aliphatic rings. The molecule has 9 heteroatoms. The van der Waals surface area contributed by atoms with Gasteiger partial charge in [-0.1, -0.05) is 234 Å². The Morgan fingerprint density at radius 1 is 0.486 bits per heavy atom. The third-order valence-electron chi connectivity index (χ3n) is 13.5. The highest BCUT2D eigenvalue weighted by Crippen LogP contribution is 2.23. The number of ether oxygens (including phenoxy) is 2. The van der Waals surface area contributed by atoms with Crippen LogP contribution in [0.4, 0.5) is 0 Å². The Morgan fingerprint density at radius 3 is 1.30 bits per heavy atom. The van der Waals surface area contributed by atoms with Crippen molar-refractivity contribution < 1.29 is 39.8 Å². The Hall–Kier alpha value is -2.37. The first kappa shape index (κ1) is 65.6. The number of carbonyl (C=O) groups excluding carboxylic acids is 1. The number of hydrogen-bond donors (Lipinski definition) is 6. The maximum absolute atomic E-state index is 13.1. The molecule has 0 spiro atoms. The normalized spacial score (nSPS) is 19.9. The quantitative estimate of drug-likeness (QED) is 0.0261. The van der Waals surface area contributed by atoms with Gasteiger partial charge >= 0.3 is 0 Å². The summed E-state index contributed by atoms with van der Waals surface area (Å²) in [6.45, 7) is 3.75. The van der Waals surface area contributed by atoms with Crippen molar-refractivity contribution in [2.75, 3.05) is 13.2 Å². The summed E-state index contributed by atoms with van der Waals surface area (Å²) in [7, 11) is 0. The number of aliphatic hydroxyl groups is 5. The molecule has 6 N–H and O–H groups in total. The van der Waals surface area contributed by atoms with Crippen molar-refractivity contribution in [3.8, 4) is 0 Å². The van der Waals surface area contributed by atoms with Crippen molar-refractivity contribution in [1.82, 2.24) is 5.32 Å². The second-order valence-corrected chi connectivity index (χ2v) is 20.1. The maximum atomic E-state index is 13.1. The number of hydrogen-bond acceptors (Lipinski definition) is 8. The smallest absolute Gasteiger partial charge is 0.220 e. The van der Waals surface area contributed by atoms with Crippen LogP contribution < -0.4 is 5.32 Å². The average Bonchev–Trinajstić information content (AvgIpc) is 3.36.